The van der Waals surface area contributed by atoms with Crippen LogP contribution in [0, 0.1) is 25.7 Å². The maximum absolute atomic E-state index is 3.50. The van der Waals surface area contributed by atoms with Crippen LogP contribution in [-0.2, 0) is 23.8 Å². The molecule has 0 nitrogen and oxygen atoms in total. The second-order valence-electron chi connectivity index (χ2n) is 11.1. The second kappa shape index (κ2) is 7.86. The molecule has 2 aliphatic carbocycles. The SMILES string of the molecule is Cc1ccc2c(c1)Cc1c-2ccc(C)[c]1[Zr](=[SiH2])([CH2]C(C)C)([CH2]C(C)C)[C]1=CC=CC1. The topological polar surface area (TPSA) is 0 Å². The van der Waals surface area contributed by atoms with Crippen molar-refractivity contribution in [1.29, 1.82) is 0 Å². The Morgan fingerprint density at radius 1 is 0.933 bits per heavy atom. The van der Waals surface area contributed by atoms with Crippen molar-refractivity contribution in [2.24, 2.45) is 11.8 Å². The monoisotopic (exact) mass is 492 g/mol. The molecule has 0 saturated heterocycles. The summed E-state index contributed by atoms with van der Waals surface area (Å²) in [5.74, 6) is 1.46. The normalized spacial score (nSPS) is 15.7. The number of hydrogen-bond acceptors (Lipinski definition) is 0. The Morgan fingerprint density at radius 3 is 2.20 bits per heavy atom. The number of aryl methyl sites for hydroxylation is 2. The molecular weight excluding hydrogens is 456 g/mol. The molecule has 0 bridgehead atoms. The van der Waals surface area contributed by atoms with Crippen molar-refractivity contribution >= 4 is 10.2 Å². The van der Waals surface area contributed by atoms with Crippen molar-refractivity contribution in [3.05, 3.63) is 74.1 Å². The fraction of sp³-hybridized carbons (Fsp3) is 0.429. The zero-order valence-electron chi connectivity index (χ0n) is 19.8. The fourth-order valence-electron chi connectivity index (χ4n) is 7.05. The van der Waals surface area contributed by atoms with Crippen LogP contribution in [0.3, 0.4) is 0 Å². The van der Waals surface area contributed by atoms with Crippen LogP contribution in [0.2, 0.25) is 8.26 Å². The van der Waals surface area contributed by atoms with Gasteiger partial charge in [-0.3, -0.25) is 0 Å². The third-order valence-electron chi connectivity index (χ3n) is 7.51. The Labute approximate surface area is 186 Å². The molecular formula is C28H38SiZr. The van der Waals surface area contributed by atoms with Gasteiger partial charge >= 0.3 is 187 Å². The molecule has 0 unspecified atom stereocenters. The molecule has 2 aliphatic rings. The molecule has 0 radical (unpaired) electrons. The van der Waals surface area contributed by atoms with Crippen LogP contribution in [0.25, 0.3) is 11.1 Å². The Bertz CT molecular complexity index is 1110. The predicted octanol–water partition coefficient (Wildman–Crippen LogP) is 6.73. The van der Waals surface area contributed by atoms with Gasteiger partial charge in [-0.25, -0.2) is 0 Å². The van der Waals surface area contributed by atoms with Gasteiger partial charge in [-0.05, 0) is 0 Å². The van der Waals surface area contributed by atoms with Gasteiger partial charge in [0.25, 0.3) is 0 Å². The molecule has 4 rings (SSSR count). The molecule has 0 heterocycles. The third-order valence-corrected chi connectivity index (χ3v) is 34.5. The number of rotatable bonds is 6. The molecule has 0 amide bonds. The first kappa shape index (κ1) is 22.2. The number of fused-ring (bicyclic) bond motifs is 3. The van der Waals surface area contributed by atoms with E-state index in [4.69, 9.17) is 0 Å². The van der Waals surface area contributed by atoms with E-state index in [9.17, 15) is 0 Å². The number of allylic oxidation sites excluding steroid dienone is 4. The molecule has 0 aromatic heterocycles. The summed E-state index contributed by atoms with van der Waals surface area (Å²) in [5.41, 5.74) is 9.18. The van der Waals surface area contributed by atoms with E-state index >= 15 is 0 Å². The van der Waals surface area contributed by atoms with Gasteiger partial charge in [-0.15, -0.1) is 0 Å². The molecule has 0 N–H and O–H groups in total. The zero-order chi connectivity index (χ0) is 21.7. The van der Waals surface area contributed by atoms with Crippen LogP contribution < -0.4 is 3.27 Å². The van der Waals surface area contributed by atoms with Crippen LogP contribution in [0.5, 0.6) is 0 Å². The average molecular weight is 494 g/mol. The third kappa shape index (κ3) is 3.53. The summed E-state index contributed by atoms with van der Waals surface area (Å²) in [5, 5.41) is 0. The molecule has 2 heteroatoms. The van der Waals surface area contributed by atoms with Gasteiger partial charge in [-0.1, -0.05) is 0 Å². The Balaban J connectivity index is 2.06. The Morgan fingerprint density at radius 2 is 1.60 bits per heavy atom. The van der Waals surface area contributed by atoms with Gasteiger partial charge in [0, 0.05) is 0 Å². The van der Waals surface area contributed by atoms with Gasteiger partial charge in [0.2, 0.25) is 0 Å². The minimum atomic E-state index is -3.50. The standard InChI is InChI=1S/C15H13.C5H5.2C4H9.H2Si.Zr/c1-10-3-5-14-12(7-10)9-13-8-11(2)4-6-15(13)14;1-2-4-5-3-1;2*1-4(2)3;;/h3-7H,9H2,1-2H3;1-3H,4H2;2*4H,1H2,2-3H3;1H2;. The Hall–Kier alpha value is -0.980. The van der Waals surface area contributed by atoms with Crippen molar-refractivity contribution in [2.45, 2.75) is 62.6 Å². The van der Waals surface area contributed by atoms with E-state index in [1.54, 1.807) is 11.1 Å². The molecule has 2 aromatic rings. The fourth-order valence-corrected chi connectivity index (χ4v) is 39.7. The first-order valence-electron chi connectivity index (χ1n) is 11.8. The van der Waals surface area contributed by atoms with Gasteiger partial charge in [0.05, 0.1) is 0 Å². The number of benzene rings is 2. The van der Waals surface area contributed by atoms with Crippen LogP contribution >= 0.6 is 0 Å². The summed E-state index contributed by atoms with van der Waals surface area (Å²) in [6.07, 6.45) is 9.60. The van der Waals surface area contributed by atoms with E-state index in [0.29, 0.717) is 0 Å². The van der Waals surface area contributed by atoms with Crippen molar-refractivity contribution in [1.82, 2.24) is 0 Å². The summed E-state index contributed by atoms with van der Waals surface area (Å²) < 4.78 is 6.51. The Kier molecular flexibility index (Phi) is 5.82. The van der Waals surface area contributed by atoms with Crippen molar-refractivity contribution in [3.8, 4) is 11.1 Å². The van der Waals surface area contributed by atoms with E-state index < -0.39 is 17.4 Å². The summed E-state index contributed by atoms with van der Waals surface area (Å²) in [7, 11) is 0. The van der Waals surface area contributed by atoms with E-state index in [-0.39, 0.29) is 0 Å². The van der Waals surface area contributed by atoms with Crippen LogP contribution in [-0.4, -0.2) is 6.88 Å². The van der Waals surface area contributed by atoms with E-state index in [0.717, 1.165) is 18.3 Å². The first-order chi connectivity index (χ1) is 14.1. The second-order valence-corrected chi connectivity index (χ2v) is 35.5. The molecule has 0 aliphatic heterocycles. The minimum absolute atomic E-state index is 0.731. The van der Waals surface area contributed by atoms with E-state index in [1.165, 1.54) is 36.9 Å². The summed E-state index contributed by atoms with van der Waals surface area (Å²) in [4.78, 5) is 0. The summed E-state index contributed by atoms with van der Waals surface area (Å²) >= 11 is -3.50. The van der Waals surface area contributed by atoms with Crippen LogP contribution in [0.4, 0.5) is 0 Å². The van der Waals surface area contributed by atoms with Gasteiger partial charge in [0.15, 0.2) is 0 Å². The average Bonchev–Trinajstić information content (AvgIpc) is 3.27. The van der Waals surface area contributed by atoms with Gasteiger partial charge in [0.1, 0.15) is 0 Å². The molecule has 2 aromatic carbocycles. The number of hydrogen-bond donors (Lipinski definition) is 0. The molecule has 30 heavy (non-hydrogen) atoms. The van der Waals surface area contributed by atoms with Crippen molar-refractivity contribution in [2.75, 3.05) is 0 Å². The first-order valence-corrected chi connectivity index (χ1v) is 23.6. The molecule has 0 fully saturated rings. The predicted molar refractivity (Wildman–Crippen MR) is 133 cm³/mol. The van der Waals surface area contributed by atoms with Crippen molar-refractivity contribution < 1.29 is 17.4 Å². The van der Waals surface area contributed by atoms with E-state index in [2.05, 4.69) is 97.0 Å². The molecule has 0 spiro atoms. The van der Waals surface area contributed by atoms with Crippen LogP contribution in [0.1, 0.15) is 56.4 Å². The maximum atomic E-state index is 2.54. The van der Waals surface area contributed by atoms with Crippen molar-refractivity contribution in [3.63, 3.8) is 0 Å². The van der Waals surface area contributed by atoms with Gasteiger partial charge < -0.3 is 0 Å². The molecule has 0 atom stereocenters. The quantitative estimate of drug-likeness (QED) is 0.334. The zero-order valence-corrected chi connectivity index (χ0v) is 23.7. The van der Waals surface area contributed by atoms with Crippen LogP contribution in [0.15, 0.2) is 51.8 Å². The molecule has 0 saturated carbocycles. The molecule has 158 valence electrons. The van der Waals surface area contributed by atoms with E-state index in [1.807, 2.05) is 6.55 Å². The summed E-state index contributed by atoms with van der Waals surface area (Å²) in [6, 6.07) is 12.0. The summed E-state index contributed by atoms with van der Waals surface area (Å²) in [6.45, 7) is 17.0. The van der Waals surface area contributed by atoms with Gasteiger partial charge in [-0.2, -0.15) is 0 Å².